The van der Waals surface area contributed by atoms with Crippen molar-refractivity contribution in [2.45, 2.75) is 13.0 Å². The molecule has 1 aliphatic rings. The van der Waals surface area contributed by atoms with E-state index < -0.39 is 0 Å². The molecule has 0 aliphatic carbocycles. The largest absolute Gasteiger partial charge is 0.375 e. The van der Waals surface area contributed by atoms with Gasteiger partial charge in [-0.25, -0.2) is 0 Å². The van der Waals surface area contributed by atoms with Crippen molar-refractivity contribution < 1.29 is 4.74 Å². The molecule has 0 radical (unpaired) electrons. The predicted octanol–water partition coefficient (Wildman–Crippen LogP) is 2.94. The Morgan fingerprint density at radius 3 is 2.74 bits per heavy atom. The first-order valence-electron chi connectivity index (χ1n) is 6.58. The molecule has 1 saturated heterocycles. The first-order valence-corrected chi connectivity index (χ1v) is 6.58. The molecule has 3 rings (SSSR count). The average Bonchev–Trinajstić information content (AvgIpc) is 2.46. The quantitative estimate of drug-likeness (QED) is 0.783. The van der Waals surface area contributed by atoms with Gasteiger partial charge in [0.05, 0.1) is 24.3 Å². The van der Waals surface area contributed by atoms with E-state index in [1.54, 1.807) is 0 Å². The fourth-order valence-corrected chi connectivity index (χ4v) is 2.69. The highest BCUT2D eigenvalue weighted by atomic mass is 16.5. The van der Waals surface area contributed by atoms with E-state index in [4.69, 9.17) is 4.74 Å². The molecule has 3 heteroatoms. The normalized spacial score (nSPS) is 19.4. The minimum Gasteiger partial charge on any atom is -0.375 e. The number of nitriles is 1. The summed E-state index contributed by atoms with van der Waals surface area (Å²) in [5.74, 6) is 0. The molecule has 0 saturated carbocycles. The summed E-state index contributed by atoms with van der Waals surface area (Å²) in [6.45, 7) is 4.66. The number of benzene rings is 2. The molecule has 1 atom stereocenters. The Morgan fingerprint density at radius 2 is 2.00 bits per heavy atom. The first kappa shape index (κ1) is 12.0. The van der Waals surface area contributed by atoms with Crippen LogP contribution in [0.3, 0.4) is 0 Å². The van der Waals surface area contributed by atoms with Crippen LogP contribution in [0.15, 0.2) is 36.4 Å². The van der Waals surface area contributed by atoms with Gasteiger partial charge in [0.1, 0.15) is 0 Å². The van der Waals surface area contributed by atoms with Gasteiger partial charge in [-0.2, -0.15) is 5.26 Å². The third-order valence-electron chi connectivity index (χ3n) is 3.60. The van der Waals surface area contributed by atoms with E-state index in [0.29, 0.717) is 0 Å². The van der Waals surface area contributed by atoms with Crippen molar-refractivity contribution in [1.82, 2.24) is 0 Å². The minimum absolute atomic E-state index is 0.253. The molecule has 0 amide bonds. The number of fused-ring (bicyclic) bond motifs is 1. The Kier molecular flexibility index (Phi) is 3.10. The average molecular weight is 252 g/mol. The van der Waals surface area contributed by atoms with Crippen LogP contribution in [-0.2, 0) is 4.74 Å². The van der Waals surface area contributed by atoms with E-state index in [1.165, 1.54) is 5.69 Å². The van der Waals surface area contributed by atoms with Crippen LogP contribution >= 0.6 is 0 Å². The van der Waals surface area contributed by atoms with Gasteiger partial charge in [0.25, 0.3) is 0 Å². The number of rotatable bonds is 1. The zero-order valence-electron chi connectivity index (χ0n) is 11.0. The molecule has 1 fully saturated rings. The maximum absolute atomic E-state index is 9.20. The zero-order chi connectivity index (χ0) is 13.2. The van der Waals surface area contributed by atoms with Crippen molar-refractivity contribution in [3.63, 3.8) is 0 Å². The smallest absolute Gasteiger partial charge is 0.0998 e. The van der Waals surface area contributed by atoms with Gasteiger partial charge in [-0.05, 0) is 19.1 Å². The maximum atomic E-state index is 9.20. The van der Waals surface area contributed by atoms with Gasteiger partial charge in [0.2, 0.25) is 0 Å². The van der Waals surface area contributed by atoms with Gasteiger partial charge in [-0.1, -0.05) is 24.3 Å². The van der Waals surface area contributed by atoms with Crippen LogP contribution in [0, 0.1) is 11.3 Å². The first-order chi connectivity index (χ1) is 9.29. The fourth-order valence-electron chi connectivity index (χ4n) is 2.69. The summed E-state index contributed by atoms with van der Waals surface area (Å²) < 4.78 is 5.59. The second kappa shape index (κ2) is 4.91. The lowest BCUT2D eigenvalue weighted by molar-refractivity contribution is 0.0533. The third-order valence-corrected chi connectivity index (χ3v) is 3.60. The van der Waals surface area contributed by atoms with Crippen LogP contribution in [0.1, 0.15) is 12.5 Å². The van der Waals surface area contributed by atoms with Crippen molar-refractivity contribution in [3.05, 3.63) is 42.0 Å². The van der Waals surface area contributed by atoms with E-state index in [0.717, 1.165) is 36.0 Å². The zero-order valence-corrected chi connectivity index (χ0v) is 11.0. The molecule has 0 N–H and O–H groups in total. The number of hydrogen-bond acceptors (Lipinski definition) is 3. The fraction of sp³-hybridized carbons (Fsp3) is 0.312. The molecule has 3 nitrogen and oxygen atoms in total. The van der Waals surface area contributed by atoms with Gasteiger partial charge in [0, 0.05) is 29.5 Å². The third kappa shape index (κ3) is 2.16. The lowest BCUT2D eigenvalue weighted by Gasteiger charge is -2.33. The Hall–Kier alpha value is -2.05. The van der Waals surface area contributed by atoms with Crippen LogP contribution < -0.4 is 4.90 Å². The second-order valence-electron chi connectivity index (χ2n) is 4.92. The second-order valence-corrected chi connectivity index (χ2v) is 4.92. The molecule has 96 valence electrons. The molecule has 0 bridgehead atoms. The Balaban J connectivity index is 2.12. The van der Waals surface area contributed by atoms with Crippen molar-refractivity contribution in [3.8, 4) is 6.07 Å². The van der Waals surface area contributed by atoms with E-state index in [1.807, 2.05) is 24.3 Å². The summed E-state index contributed by atoms with van der Waals surface area (Å²) in [5, 5.41) is 11.4. The highest BCUT2D eigenvalue weighted by Gasteiger charge is 2.19. The summed E-state index contributed by atoms with van der Waals surface area (Å²) in [4.78, 5) is 2.34. The molecule has 1 aliphatic heterocycles. The van der Waals surface area contributed by atoms with Crippen LogP contribution in [0.4, 0.5) is 5.69 Å². The highest BCUT2D eigenvalue weighted by Crippen LogP contribution is 2.30. The Morgan fingerprint density at radius 1 is 1.21 bits per heavy atom. The van der Waals surface area contributed by atoms with Gasteiger partial charge in [0.15, 0.2) is 0 Å². The monoisotopic (exact) mass is 252 g/mol. The van der Waals surface area contributed by atoms with Crippen molar-refractivity contribution in [1.29, 1.82) is 5.26 Å². The van der Waals surface area contributed by atoms with E-state index in [-0.39, 0.29) is 6.10 Å². The van der Waals surface area contributed by atoms with Crippen molar-refractivity contribution >= 4 is 16.5 Å². The molecule has 19 heavy (non-hydrogen) atoms. The van der Waals surface area contributed by atoms with Crippen LogP contribution in [0.2, 0.25) is 0 Å². The van der Waals surface area contributed by atoms with Crippen LogP contribution in [-0.4, -0.2) is 25.8 Å². The molecule has 0 spiro atoms. The summed E-state index contributed by atoms with van der Waals surface area (Å²) in [6.07, 6.45) is 0.253. The van der Waals surface area contributed by atoms with Crippen molar-refractivity contribution in [2.75, 3.05) is 24.6 Å². The lowest BCUT2D eigenvalue weighted by atomic mass is 10.0. The van der Waals surface area contributed by atoms with Gasteiger partial charge >= 0.3 is 0 Å². The van der Waals surface area contributed by atoms with Gasteiger partial charge < -0.3 is 9.64 Å². The predicted molar refractivity (Wildman–Crippen MR) is 76.3 cm³/mol. The molecule has 1 heterocycles. The molecule has 1 unspecified atom stereocenters. The standard InChI is InChI=1S/C16H16N2O/c1-12-11-18(8-9-19-12)16-7-6-13(10-17)14-4-2-3-5-15(14)16/h2-7,12H,8-9,11H2,1H3. The summed E-state index contributed by atoms with van der Waals surface area (Å²) >= 11 is 0. The van der Waals surface area contributed by atoms with Crippen molar-refractivity contribution in [2.24, 2.45) is 0 Å². The van der Waals surface area contributed by atoms with E-state index in [9.17, 15) is 5.26 Å². The number of morpholine rings is 1. The summed E-state index contributed by atoms with van der Waals surface area (Å²) in [6, 6.07) is 14.3. The summed E-state index contributed by atoms with van der Waals surface area (Å²) in [7, 11) is 0. The SMILES string of the molecule is CC1CN(c2ccc(C#N)c3ccccc23)CCO1. The van der Waals surface area contributed by atoms with E-state index in [2.05, 4.69) is 30.0 Å². The van der Waals surface area contributed by atoms with Crippen LogP contribution in [0.25, 0.3) is 10.8 Å². The molecule has 0 aromatic heterocycles. The van der Waals surface area contributed by atoms with Gasteiger partial charge in [-0.15, -0.1) is 0 Å². The number of hydrogen-bond donors (Lipinski definition) is 0. The number of anilines is 1. The number of nitrogens with zero attached hydrogens (tertiary/aromatic N) is 2. The molecule has 2 aromatic rings. The molecule has 2 aromatic carbocycles. The summed E-state index contributed by atoms with van der Waals surface area (Å²) in [5.41, 5.74) is 1.94. The maximum Gasteiger partial charge on any atom is 0.0998 e. The van der Waals surface area contributed by atoms with E-state index >= 15 is 0 Å². The lowest BCUT2D eigenvalue weighted by Crippen LogP contribution is -2.41. The van der Waals surface area contributed by atoms with Crippen LogP contribution in [0.5, 0.6) is 0 Å². The Labute approximate surface area is 113 Å². The number of ether oxygens (including phenoxy) is 1. The minimum atomic E-state index is 0.253. The van der Waals surface area contributed by atoms with Gasteiger partial charge in [-0.3, -0.25) is 0 Å². The molecular formula is C16H16N2O. The highest BCUT2D eigenvalue weighted by molar-refractivity contribution is 5.97. The topological polar surface area (TPSA) is 36.3 Å². The molecular weight excluding hydrogens is 236 g/mol. The Bertz CT molecular complexity index is 645.